The Labute approximate surface area is 123 Å². The second-order valence-corrected chi connectivity index (χ2v) is 6.51. The number of anilines is 1. The lowest BCUT2D eigenvalue weighted by atomic mass is 10.1. The number of nitrogens with zero attached hydrogens (tertiary/aromatic N) is 1. The van der Waals surface area contributed by atoms with E-state index in [-0.39, 0.29) is 0 Å². The van der Waals surface area contributed by atoms with Crippen LogP contribution in [0.3, 0.4) is 0 Å². The number of hydrogen-bond donors (Lipinski definition) is 0. The van der Waals surface area contributed by atoms with Gasteiger partial charge in [-0.05, 0) is 41.0 Å². The molecule has 0 aliphatic carbocycles. The van der Waals surface area contributed by atoms with E-state index in [1.165, 1.54) is 21.2 Å². The van der Waals surface area contributed by atoms with E-state index in [4.69, 9.17) is 0 Å². The molecule has 0 saturated carbocycles. The largest absolute Gasteiger partial charge is 0.312 e. The number of rotatable bonds is 2. The van der Waals surface area contributed by atoms with Crippen molar-refractivity contribution in [2.24, 2.45) is 0 Å². The van der Waals surface area contributed by atoms with E-state index < -0.39 is 0 Å². The summed E-state index contributed by atoms with van der Waals surface area (Å²) < 4.78 is 3.58. The summed E-state index contributed by atoms with van der Waals surface area (Å²) in [6.07, 6.45) is 4.44. The molecule has 0 unspecified atom stereocenters. The summed E-state index contributed by atoms with van der Waals surface area (Å²) in [5.74, 6) is 1.13. The van der Waals surface area contributed by atoms with Crippen LogP contribution in [-0.4, -0.2) is 16.7 Å². The van der Waals surface area contributed by atoms with Gasteiger partial charge in [0.1, 0.15) is 0 Å². The minimum Gasteiger partial charge on any atom is -0.312 e. The molecule has 1 aromatic rings. The summed E-state index contributed by atoms with van der Waals surface area (Å²) in [6, 6.07) is 6.65. The highest BCUT2D eigenvalue weighted by Crippen LogP contribution is 2.31. The SMILES string of the molecule is CCI.CCSN1CC=Cc2cc(C)ccc21. The van der Waals surface area contributed by atoms with E-state index in [0.717, 1.165) is 12.3 Å². The number of halogens is 1. The number of aryl methyl sites for hydroxylation is 1. The van der Waals surface area contributed by atoms with Gasteiger partial charge in [-0.15, -0.1) is 0 Å². The fourth-order valence-electron chi connectivity index (χ4n) is 1.69. The Bertz CT molecular complexity index is 376. The quantitative estimate of drug-likeness (QED) is 0.417. The predicted molar refractivity (Wildman–Crippen MR) is 90.3 cm³/mol. The molecule has 0 N–H and O–H groups in total. The molecule has 17 heavy (non-hydrogen) atoms. The van der Waals surface area contributed by atoms with Gasteiger partial charge in [-0.2, -0.15) is 0 Å². The van der Waals surface area contributed by atoms with Gasteiger partial charge in [-0.25, -0.2) is 0 Å². The van der Waals surface area contributed by atoms with Crippen molar-refractivity contribution < 1.29 is 0 Å². The average molecular weight is 361 g/mol. The first kappa shape index (κ1) is 14.9. The summed E-state index contributed by atoms with van der Waals surface area (Å²) in [6.45, 7) is 7.46. The molecule has 0 spiro atoms. The van der Waals surface area contributed by atoms with E-state index in [1.54, 1.807) is 0 Å². The minimum absolute atomic E-state index is 1.02. The first-order valence-corrected chi connectivity index (χ1v) is 8.43. The van der Waals surface area contributed by atoms with Crippen LogP contribution in [0.15, 0.2) is 24.3 Å². The summed E-state index contributed by atoms with van der Waals surface area (Å²) in [4.78, 5) is 0. The van der Waals surface area contributed by atoms with Crippen molar-refractivity contribution in [3.05, 3.63) is 35.4 Å². The van der Waals surface area contributed by atoms with Gasteiger partial charge < -0.3 is 4.31 Å². The van der Waals surface area contributed by atoms with Crippen LogP contribution >= 0.6 is 34.5 Å². The Morgan fingerprint density at radius 2 is 2.06 bits per heavy atom. The monoisotopic (exact) mass is 361 g/mol. The smallest absolute Gasteiger partial charge is 0.0546 e. The summed E-state index contributed by atoms with van der Waals surface area (Å²) >= 11 is 4.17. The van der Waals surface area contributed by atoms with Crippen LogP contribution in [0.5, 0.6) is 0 Å². The van der Waals surface area contributed by atoms with Crippen LogP contribution in [0.1, 0.15) is 25.0 Å². The van der Waals surface area contributed by atoms with Gasteiger partial charge in [0, 0.05) is 12.3 Å². The van der Waals surface area contributed by atoms with Gasteiger partial charge in [0.2, 0.25) is 0 Å². The molecule has 1 aromatic carbocycles. The van der Waals surface area contributed by atoms with Crippen LogP contribution < -0.4 is 4.31 Å². The Morgan fingerprint density at radius 3 is 2.71 bits per heavy atom. The predicted octanol–water partition coefficient (Wildman–Crippen LogP) is 4.94. The maximum Gasteiger partial charge on any atom is 0.0546 e. The highest BCUT2D eigenvalue weighted by atomic mass is 127. The lowest BCUT2D eigenvalue weighted by Gasteiger charge is -2.26. The molecule has 2 rings (SSSR count). The second kappa shape index (κ2) is 8.03. The zero-order chi connectivity index (χ0) is 12.7. The molecule has 1 aliphatic heterocycles. The van der Waals surface area contributed by atoms with Gasteiger partial charge in [-0.3, -0.25) is 0 Å². The molecule has 0 saturated heterocycles. The first-order valence-electron chi connectivity index (χ1n) is 5.96. The molecular formula is C14H20INS. The van der Waals surface area contributed by atoms with Crippen LogP contribution in [0.2, 0.25) is 0 Å². The molecule has 0 radical (unpaired) electrons. The summed E-state index contributed by atoms with van der Waals surface area (Å²) in [7, 11) is 0. The summed E-state index contributed by atoms with van der Waals surface area (Å²) in [5, 5.41) is 0. The number of fused-ring (bicyclic) bond motifs is 1. The molecule has 94 valence electrons. The minimum atomic E-state index is 1.02. The Balaban J connectivity index is 0.000000437. The zero-order valence-electron chi connectivity index (χ0n) is 10.7. The molecular weight excluding hydrogens is 341 g/mol. The standard InChI is InChI=1S/C12H15NS.C2H5I/c1-3-14-13-8-4-5-11-9-10(2)6-7-12(11)13;1-2-3/h4-7,9H,3,8H2,1-2H3;2H2,1H3. The van der Waals surface area contributed by atoms with Gasteiger partial charge in [0.15, 0.2) is 0 Å². The Morgan fingerprint density at radius 1 is 1.35 bits per heavy atom. The van der Waals surface area contributed by atoms with Crippen LogP contribution in [-0.2, 0) is 0 Å². The third-order valence-electron chi connectivity index (χ3n) is 2.31. The third-order valence-corrected chi connectivity index (χ3v) is 3.22. The van der Waals surface area contributed by atoms with Crippen molar-refractivity contribution in [1.29, 1.82) is 0 Å². The van der Waals surface area contributed by atoms with Gasteiger partial charge in [-0.1, -0.05) is 60.2 Å². The zero-order valence-corrected chi connectivity index (χ0v) is 13.7. The summed E-state index contributed by atoms with van der Waals surface area (Å²) in [5.41, 5.74) is 4.03. The molecule has 1 aliphatic rings. The van der Waals surface area contributed by atoms with Crippen molar-refractivity contribution in [3.63, 3.8) is 0 Å². The molecule has 0 amide bonds. The second-order valence-electron chi connectivity index (χ2n) is 3.71. The van der Waals surface area contributed by atoms with E-state index in [9.17, 15) is 0 Å². The number of hydrogen-bond acceptors (Lipinski definition) is 2. The molecule has 0 bridgehead atoms. The fourth-order valence-corrected chi connectivity index (χ4v) is 2.49. The van der Waals surface area contributed by atoms with Crippen molar-refractivity contribution in [1.82, 2.24) is 0 Å². The molecule has 1 nitrogen and oxygen atoms in total. The third kappa shape index (κ3) is 4.54. The van der Waals surface area contributed by atoms with Crippen molar-refractivity contribution in [2.75, 3.05) is 21.0 Å². The van der Waals surface area contributed by atoms with Crippen molar-refractivity contribution in [2.45, 2.75) is 20.8 Å². The van der Waals surface area contributed by atoms with Crippen molar-refractivity contribution in [3.8, 4) is 0 Å². The number of alkyl halides is 1. The van der Waals surface area contributed by atoms with Crippen LogP contribution in [0.25, 0.3) is 6.08 Å². The Hall–Kier alpha value is -0.160. The first-order chi connectivity index (χ1) is 8.22. The molecule has 3 heteroatoms. The normalized spacial score (nSPS) is 12.8. The highest BCUT2D eigenvalue weighted by molar-refractivity contribution is 14.1. The van der Waals surface area contributed by atoms with E-state index in [2.05, 4.69) is 78.0 Å². The molecule has 0 fully saturated rings. The van der Waals surface area contributed by atoms with Gasteiger partial charge in [0.05, 0.1) is 5.69 Å². The molecule has 0 aromatic heterocycles. The Kier molecular flexibility index (Phi) is 7.04. The maximum atomic E-state index is 2.36. The van der Waals surface area contributed by atoms with E-state index in [1.807, 2.05) is 11.9 Å². The van der Waals surface area contributed by atoms with Gasteiger partial charge in [0.25, 0.3) is 0 Å². The van der Waals surface area contributed by atoms with E-state index >= 15 is 0 Å². The highest BCUT2D eigenvalue weighted by Gasteiger charge is 2.12. The fraction of sp³-hybridized carbons (Fsp3) is 0.429. The lowest BCUT2D eigenvalue weighted by Crippen LogP contribution is -2.18. The van der Waals surface area contributed by atoms with Crippen LogP contribution in [0, 0.1) is 6.92 Å². The maximum absolute atomic E-state index is 2.36. The van der Waals surface area contributed by atoms with Crippen LogP contribution in [0.4, 0.5) is 5.69 Å². The lowest BCUT2D eigenvalue weighted by molar-refractivity contribution is 1.18. The van der Waals surface area contributed by atoms with E-state index in [0.29, 0.717) is 0 Å². The average Bonchev–Trinajstić information content (AvgIpc) is 2.30. The van der Waals surface area contributed by atoms with Crippen molar-refractivity contribution >= 4 is 46.3 Å². The number of benzene rings is 1. The topological polar surface area (TPSA) is 3.24 Å². The van der Waals surface area contributed by atoms with Gasteiger partial charge >= 0.3 is 0 Å². The molecule has 0 atom stereocenters. The molecule has 1 heterocycles.